The van der Waals surface area contributed by atoms with Crippen molar-refractivity contribution in [3.63, 3.8) is 0 Å². The van der Waals surface area contributed by atoms with Crippen molar-refractivity contribution < 1.29 is 28.6 Å². The molecule has 0 spiro atoms. The maximum Gasteiger partial charge on any atom is 0.303 e. The predicted molar refractivity (Wildman–Crippen MR) is 94.6 cm³/mol. The standard InChI is InChI=1S/3C6H12O2/c3*1-5(7)8-6(2,3)4/h3*1-4H3. The number of ether oxygens (including phenoxy) is 3. The second kappa shape index (κ2) is 11.0. The van der Waals surface area contributed by atoms with E-state index in [9.17, 15) is 14.4 Å². The minimum atomic E-state index is -0.328. The van der Waals surface area contributed by atoms with E-state index in [-0.39, 0.29) is 34.7 Å². The van der Waals surface area contributed by atoms with Crippen molar-refractivity contribution in [3.8, 4) is 0 Å². The van der Waals surface area contributed by atoms with Gasteiger partial charge >= 0.3 is 17.9 Å². The number of hydrogen-bond donors (Lipinski definition) is 0. The van der Waals surface area contributed by atoms with Crippen LogP contribution in [0.15, 0.2) is 0 Å². The summed E-state index contributed by atoms with van der Waals surface area (Å²) in [6, 6.07) is 0. The van der Waals surface area contributed by atoms with E-state index in [1.807, 2.05) is 62.3 Å². The number of carbonyl (C=O) groups is 3. The van der Waals surface area contributed by atoms with Crippen LogP contribution < -0.4 is 0 Å². The molecule has 0 aromatic heterocycles. The Morgan fingerprint density at radius 3 is 0.583 bits per heavy atom. The van der Waals surface area contributed by atoms with E-state index in [2.05, 4.69) is 0 Å². The highest BCUT2D eigenvalue weighted by molar-refractivity contribution is 5.67. The van der Waals surface area contributed by atoms with Crippen LogP contribution in [0.1, 0.15) is 83.1 Å². The van der Waals surface area contributed by atoms with E-state index in [0.29, 0.717) is 0 Å². The molecule has 0 atom stereocenters. The van der Waals surface area contributed by atoms with E-state index in [4.69, 9.17) is 14.2 Å². The van der Waals surface area contributed by atoms with Gasteiger partial charge in [-0.25, -0.2) is 0 Å². The zero-order valence-electron chi connectivity index (χ0n) is 17.4. The van der Waals surface area contributed by atoms with Crippen LogP contribution in [0, 0.1) is 0 Å². The number of esters is 3. The first-order valence-corrected chi connectivity index (χ1v) is 7.84. The first kappa shape index (κ1) is 27.3. The monoisotopic (exact) mass is 348 g/mol. The lowest BCUT2D eigenvalue weighted by molar-refractivity contribution is -0.153. The molecule has 0 aliphatic carbocycles. The molecule has 0 heterocycles. The second-order valence-electron chi connectivity index (χ2n) is 8.12. The molecular weight excluding hydrogens is 312 g/mol. The zero-order valence-corrected chi connectivity index (χ0v) is 17.4. The van der Waals surface area contributed by atoms with Crippen LogP contribution in [0.5, 0.6) is 0 Å². The van der Waals surface area contributed by atoms with Crippen molar-refractivity contribution in [2.75, 3.05) is 0 Å². The average molecular weight is 348 g/mol. The minimum Gasteiger partial charge on any atom is -0.460 e. The summed E-state index contributed by atoms with van der Waals surface area (Å²) in [7, 11) is 0. The van der Waals surface area contributed by atoms with Gasteiger partial charge < -0.3 is 14.2 Å². The Hall–Kier alpha value is -1.59. The topological polar surface area (TPSA) is 78.9 Å². The van der Waals surface area contributed by atoms with Gasteiger partial charge in [-0.3, -0.25) is 14.4 Å². The van der Waals surface area contributed by atoms with Gasteiger partial charge in [-0.1, -0.05) is 0 Å². The Morgan fingerprint density at radius 2 is 0.583 bits per heavy atom. The molecule has 0 bridgehead atoms. The summed E-state index contributed by atoms with van der Waals surface area (Å²) in [6.45, 7) is 20.8. The van der Waals surface area contributed by atoms with Gasteiger partial charge in [-0.15, -0.1) is 0 Å². The molecular formula is C18H36O6. The smallest absolute Gasteiger partial charge is 0.303 e. The molecule has 0 aliphatic heterocycles. The van der Waals surface area contributed by atoms with E-state index < -0.39 is 0 Å². The van der Waals surface area contributed by atoms with E-state index >= 15 is 0 Å². The van der Waals surface area contributed by atoms with Crippen molar-refractivity contribution in [2.45, 2.75) is 99.9 Å². The van der Waals surface area contributed by atoms with Crippen molar-refractivity contribution >= 4 is 17.9 Å². The molecule has 0 fully saturated rings. The van der Waals surface area contributed by atoms with Crippen LogP contribution in [0.2, 0.25) is 0 Å². The fourth-order valence-electron chi connectivity index (χ4n) is 1.29. The van der Waals surface area contributed by atoms with Crippen LogP contribution in [-0.2, 0) is 28.6 Å². The van der Waals surface area contributed by atoms with Gasteiger partial charge in [0.1, 0.15) is 16.8 Å². The molecule has 0 saturated heterocycles. The first-order valence-electron chi connectivity index (χ1n) is 7.84. The lowest BCUT2D eigenvalue weighted by Crippen LogP contribution is -2.21. The number of rotatable bonds is 0. The van der Waals surface area contributed by atoms with Gasteiger partial charge in [0.05, 0.1) is 0 Å². The average Bonchev–Trinajstić information content (AvgIpc) is 2.04. The zero-order chi connectivity index (χ0) is 20.4. The van der Waals surface area contributed by atoms with Crippen LogP contribution in [-0.4, -0.2) is 34.7 Å². The Kier molecular flexibility index (Phi) is 12.6. The SMILES string of the molecule is CC(=O)OC(C)(C)C.CC(=O)OC(C)(C)C.CC(=O)OC(C)(C)C. The predicted octanol–water partition coefficient (Wildman–Crippen LogP) is 4.04. The molecule has 6 heteroatoms. The summed E-state index contributed by atoms with van der Waals surface area (Å²) in [4.78, 5) is 30.7. The van der Waals surface area contributed by atoms with Crippen LogP contribution >= 0.6 is 0 Å². The third kappa shape index (κ3) is 42.8. The van der Waals surface area contributed by atoms with Gasteiger partial charge in [-0.05, 0) is 62.3 Å². The molecule has 0 rings (SSSR count). The normalized spacial score (nSPS) is 11.0. The molecule has 0 saturated carbocycles. The molecule has 0 N–H and O–H groups in total. The van der Waals surface area contributed by atoms with Gasteiger partial charge in [0, 0.05) is 20.8 Å². The van der Waals surface area contributed by atoms with Crippen molar-refractivity contribution in [2.24, 2.45) is 0 Å². The molecule has 144 valence electrons. The Labute approximate surface area is 147 Å². The summed E-state index contributed by atoms with van der Waals surface area (Å²) in [6.07, 6.45) is 0. The van der Waals surface area contributed by atoms with Gasteiger partial charge in [0.15, 0.2) is 0 Å². The molecule has 24 heavy (non-hydrogen) atoms. The Morgan fingerprint density at radius 1 is 0.458 bits per heavy atom. The van der Waals surface area contributed by atoms with Crippen LogP contribution in [0.4, 0.5) is 0 Å². The van der Waals surface area contributed by atoms with Gasteiger partial charge in [0.25, 0.3) is 0 Å². The maximum atomic E-state index is 10.2. The lowest BCUT2D eigenvalue weighted by Gasteiger charge is -2.17. The van der Waals surface area contributed by atoms with Crippen LogP contribution in [0.3, 0.4) is 0 Å². The lowest BCUT2D eigenvalue weighted by atomic mass is 10.2. The molecule has 0 amide bonds. The highest BCUT2D eigenvalue weighted by Crippen LogP contribution is 2.06. The highest BCUT2D eigenvalue weighted by atomic mass is 16.6. The van der Waals surface area contributed by atoms with Gasteiger partial charge in [-0.2, -0.15) is 0 Å². The summed E-state index contributed by atoms with van der Waals surface area (Å²) in [5.74, 6) is -0.674. The van der Waals surface area contributed by atoms with E-state index in [0.717, 1.165) is 0 Å². The fraction of sp³-hybridized carbons (Fsp3) is 0.833. The van der Waals surface area contributed by atoms with E-state index in [1.54, 1.807) is 0 Å². The summed E-state index contributed by atoms with van der Waals surface area (Å²) in [5.41, 5.74) is -0.983. The summed E-state index contributed by atoms with van der Waals surface area (Å²) >= 11 is 0. The minimum absolute atomic E-state index is 0.225. The molecule has 0 aromatic rings. The third-order valence-corrected chi connectivity index (χ3v) is 1.35. The molecule has 0 unspecified atom stereocenters. The second-order valence-corrected chi connectivity index (χ2v) is 8.12. The van der Waals surface area contributed by atoms with Gasteiger partial charge in [0.2, 0.25) is 0 Å². The van der Waals surface area contributed by atoms with E-state index in [1.165, 1.54) is 20.8 Å². The molecule has 0 radical (unpaired) electrons. The highest BCUT2D eigenvalue weighted by Gasteiger charge is 2.13. The Balaban J connectivity index is -0.000000276. The summed E-state index contributed by atoms with van der Waals surface area (Å²) in [5, 5.41) is 0. The molecule has 0 aromatic carbocycles. The van der Waals surface area contributed by atoms with Crippen molar-refractivity contribution in [1.82, 2.24) is 0 Å². The fourth-order valence-corrected chi connectivity index (χ4v) is 1.29. The number of hydrogen-bond acceptors (Lipinski definition) is 6. The quantitative estimate of drug-likeness (QED) is 0.485. The molecule has 0 aliphatic rings. The molecule has 6 nitrogen and oxygen atoms in total. The maximum absolute atomic E-state index is 10.2. The number of carbonyl (C=O) groups excluding carboxylic acids is 3. The van der Waals surface area contributed by atoms with Crippen molar-refractivity contribution in [1.29, 1.82) is 0 Å². The first-order chi connectivity index (χ1) is 10.2. The largest absolute Gasteiger partial charge is 0.460 e. The van der Waals surface area contributed by atoms with Crippen molar-refractivity contribution in [3.05, 3.63) is 0 Å². The Bertz CT molecular complexity index is 329. The van der Waals surface area contributed by atoms with Crippen LogP contribution in [0.25, 0.3) is 0 Å². The third-order valence-electron chi connectivity index (χ3n) is 1.35. The summed E-state index contributed by atoms with van der Waals surface area (Å²) < 4.78 is 14.4.